The monoisotopic (exact) mass is 286 g/mol. The minimum atomic E-state index is -3.58. The minimum absolute atomic E-state index is 0.0599. The molecule has 1 aromatic carbocycles. The molecule has 1 aromatic heterocycles. The molecule has 1 heterocycles. The lowest BCUT2D eigenvalue weighted by atomic mass is 10.2. The number of nitrogens with one attached hydrogen (secondary N) is 2. The van der Waals surface area contributed by atoms with Gasteiger partial charge in [-0.2, -0.15) is 5.10 Å². The molecule has 0 radical (unpaired) electrons. The number of nitrogens with zero attached hydrogens (tertiary/aromatic N) is 2. The Hall–Kier alpha value is -1.44. The van der Waals surface area contributed by atoms with Crippen LogP contribution in [-0.4, -0.2) is 23.6 Å². The molecule has 8 heteroatoms. The van der Waals surface area contributed by atoms with Crippen molar-refractivity contribution in [2.75, 3.05) is 0 Å². The van der Waals surface area contributed by atoms with Crippen LogP contribution in [0.5, 0.6) is 0 Å². The molecule has 0 fully saturated rings. The molecule has 96 valence electrons. The van der Waals surface area contributed by atoms with E-state index in [-0.39, 0.29) is 11.4 Å². The Bertz CT molecular complexity index is 640. The summed E-state index contributed by atoms with van der Waals surface area (Å²) in [6, 6.07) is 4.61. The summed E-state index contributed by atoms with van der Waals surface area (Å²) in [5.74, 6) is 0.449. The highest BCUT2D eigenvalue weighted by Gasteiger charge is 2.16. The number of aromatic amines is 1. The molecule has 0 atom stereocenters. The van der Waals surface area contributed by atoms with Gasteiger partial charge in [-0.15, -0.1) is 0 Å². The number of benzene rings is 1. The largest absolute Gasteiger partial charge is 0.262 e. The van der Waals surface area contributed by atoms with Crippen molar-refractivity contribution in [3.05, 3.63) is 40.9 Å². The zero-order valence-electron chi connectivity index (χ0n) is 9.51. The van der Waals surface area contributed by atoms with Gasteiger partial charge in [-0.3, -0.25) is 5.10 Å². The summed E-state index contributed by atoms with van der Waals surface area (Å²) in [6.07, 6.45) is 1.32. The van der Waals surface area contributed by atoms with E-state index in [4.69, 9.17) is 11.6 Å². The van der Waals surface area contributed by atoms with Crippen molar-refractivity contribution < 1.29 is 8.42 Å². The Kier molecular flexibility index (Phi) is 3.65. The fourth-order valence-electron chi connectivity index (χ4n) is 1.47. The van der Waals surface area contributed by atoms with Gasteiger partial charge in [-0.1, -0.05) is 11.6 Å². The third-order valence-corrected chi connectivity index (χ3v) is 4.12. The van der Waals surface area contributed by atoms with E-state index in [0.717, 1.165) is 0 Å². The van der Waals surface area contributed by atoms with Crippen molar-refractivity contribution >= 4 is 21.6 Å². The first-order valence-electron chi connectivity index (χ1n) is 5.09. The van der Waals surface area contributed by atoms with Crippen LogP contribution >= 0.6 is 11.6 Å². The zero-order chi connectivity index (χ0) is 13.2. The number of H-pyrrole nitrogens is 1. The first kappa shape index (κ1) is 13.0. The fraction of sp³-hybridized carbons (Fsp3) is 0.200. The molecular weight excluding hydrogens is 276 g/mol. The van der Waals surface area contributed by atoms with E-state index in [9.17, 15) is 8.42 Å². The number of aromatic nitrogens is 3. The molecule has 0 amide bonds. The Morgan fingerprint density at radius 2 is 2.22 bits per heavy atom. The van der Waals surface area contributed by atoms with Crippen LogP contribution in [-0.2, 0) is 16.6 Å². The number of sulfonamides is 1. The highest BCUT2D eigenvalue weighted by atomic mass is 35.5. The third-order valence-electron chi connectivity index (χ3n) is 2.32. The highest BCUT2D eigenvalue weighted by Crippen LogP contribution is 2.19. The second-order valence-electron chi connectivity index (χ2n) is 3.67. The van der Waals surface area contributed by atoms with Crippen molar-refractivity contribution in [3.8, 4) is 0 Å². The average Bonchev–Trinajstić information content (AvgIpc) is 2.78. The second kappa shape index (κ2) is 5.05. The fourth-order valence-corrected chi connectivity index (χ4v) is 2.91. The van der Waals surface area contributed by atoms with Gasteiger partial charge in [-0.25, -0.2) is 18.1 Å². The third kappa shape index (κ3) is 2.87. The molecule has 0 saturated carbocycles. The smallest absolute Gasteiger partial charge is 0.241 e. The van der Waals surface area contributed by atoms with Crippen LogP contribution in [0.4, 0.5) is 0 Å². The van der Waals surface area contributed by atoms with E-state index in [1.807, 2.05) is 0 Å². The van der Waals surface area contributed by atoms with E-state index < -0.39 is 10.0 Å². The van der Waals surface area contributed by atoms with Gasteiger partial charge in [0.1, 0.15) is 12.2 Å². The summed E-state index contributed by atoms with van der Waals surface area (Å²) in [4.78, 5) is 4.04. The molecule has 2 rings (SSSR count). The van der Waals surface area contributed by atoms with Crippen LogP contribution in [0, 0.1) is 6.92 Å². The molecule has 0 aliphatic rings. The maximum atomic E-state index is 12.0. The Labute approximate surface area is 109 Å². The summed E-state index contributed by atoms with van der Waals surface area (Å²) < 4.78 is 26.5. The molecular formula is C10H11ClN4O2S. The Balaban J connectivity index is 2.20. The summed E-state index contributed by atoms with van der Waals surface area (Å²) in [6.45, 7) is 1.75. The lowest BCUT2D eigenvalue weighted by Gasteiger charge is -2.08. The summed E-state index contributed by atoms with van der Waals surface area (Å²) in [7, 11) is -3.58. The Morgan fingerprint density at radius 1 is 1.44 bits per heavy atom. The van der Waals surface area contributed by atoms with Gasteiger partial charge in [0.05, 0.1) is 11.4 Å². The number of hydrogen-bond donors (Lipinski definition) is 2. The molecule has 0 unspecified atom stereocenters. The lowest BCUT2D eigenvalue weighted by Crippen LogP contribution is -2.24. The maximum Gasteiger partial charge on any atom is 0.241 e. The van der Waals surface area contributed by atoms with Crippen LogP contribution in [0.2, 0.25) is 5.02 Å². The molecule has 0 spiro atoms. The van der Waals surface area contributed by atoms with Gasteiger partial charge in [0.25, 0.3) is 0 Å². The highest BCUT2D eigenvalue weighted by molar-refractivity contribution is 7.89. The standard InChI is InChI=1S/C10H11ClN4O2S/c1-7-4-8(11)2-3-9(7)18(16,17)14-5-10-12-6-13-15-10/h2-4,6,14H,5H2,1H3,(H,12,13,15). The SMILES string of the molecule is Cc1cc(Cl)ccc1S(=O)(=O)NCc1ncn[nH]1. The van der Waals surface area contributed by atoms with Crippen molar-refractivity contribution in [1.82, 2.24) is 19.9 Å². The molecule has 0 saturated heterocycles. The second-order valence-corrected chi connectivity index (χ2v) is 5.84. The topological polar surface area (TPSA) is 87.7 Å². The quantitative estimate of drug-likeness (QED) is 0.885. The van der Waals surface area contributed by atoms with E-state index in [1.165, 1.54) is 18.5 Å². The van der Waals surface area contributed by atoms with Crippen molar-refractivity contribution in [2.45, 2.75) is 18.4 Å². The molecule has 0 aliphatic carbocycles. The van der Waals surface area contributed by atoms with Crippen LogP contribution in [0.3, 0.4) is 0 Å². The van der Waals surface area contributed by atoms with Gasteiger partial charge in [-0.05, 0) is 30.7 Å². The molecule has 0 aliphatic heterocycles. The molecule has 0 bridgehead atoms. The van der Waals surface area contributed by atoms with E-state index in [1.54, 1.807) is 13.0 Å². The zero-order valence-corrected chi connectivity index (χ0v) is 11.1. The normalized spacial score (nSPS) is 11.7. The lowest BCUT2D eigenvalue weighted by molar-refractivity contribution is 0.579. The predicted octanol–water partition coefficient (Wildman–Crippen LogP) is 1.25. The molecule has 6 nitrogen and oxygen atoms in total. The first-order chi connectivity index (χ1) is 8.49. The summed E-state index contributed by atoms with van der Waals surface area (Å²) in [5.41, 5.74) is 0.590. The van der Waals surface area contributed by atoms with Crippen LogP contribution < -0.4 is 4.72 Å². The number of aryl methyl sites for hydroxylation is 1. The van der Waals surface area contributed by atoms with Gasteiger partial charge < -0.3 is 0 Å². The average molecular weight is 287 g/mol. The molecule has 2 N–H and O–H groups in total. The van der Waals surface area contributed by atoms with E-state index >= 15 is 0 Å². The number of hydrogen-bond acceptors (Lipinski definition) is 4. The number of halogens is 1. The van der Waals surface area contributed by atoms with Gasteiger partial charge >= 0.3 is 0 Å². The van der Waals surface area contributed by atoms with Crippen LogP contribution in [0.1, 0.15) is 11.4 Å². The van der Waals surface area contributed by atoms with Crippen LogP contribution in [0.25, 0.3) is 0 Å². The minimum Gasteiger partial charge on any atom is -0.262 e. The predicted molar refractivity (Wildman–Crippen MR) is 66.6 cm³/mol. The molecule has 2 aromatic rings. The van der Waals surface area contributed by atoms with Crippen molar-refractivity contribution in [3.63, 3.8) is 0 Å². The first-order valence-corrected chi connectivity index (χ1v) is 6.95. The molecule has 18 heavy (non-hydrogen) atoms. The van der Waals surface area contributed by atoms with Crippen molar-refractivity contribution in [1.29, 1.82) is 0 Å². The number of rotatable bonds is 4. The summed E-state index contributed by atoms with van der Waals surface area (Å²) in [5, 5.41) is 6.71. The van der Waals surface area contributed by atoms with E-state index in [0.29, 0.717) is 16.4 Å². The Morgan fingerprint density at radius 3 is 2.83 bits per heavy atom. The van der Waals surface area contributed by atoms with Gasteiger partial charge in [0.15, 0.2) is 0 Å². The van der Waals surface area contributed by atoms with Gasteiger partial charge in [0, 0.05) is 5.02 Å². The maximum absolute atomic E-state index is 12.0. The van der Waals surface area contributed by atoms with E-state index in [2.05, 4.69) is 19.9 Å². The van der Waals surface area contributed by atoms with Crippen LogP contribution in [0.15, 0.2) is 29.4 Å². The van der Waals surface area contributed by atoms with Crippen molar-refractivity contribution in [2.24, 2.45) is 0 Å². The van der Waals surface area contributed by atoms with Gasteiger partial charge in [0.2, 0.25) is 10.0 Å². The summed E-state index contributed by atoms with van der Waals surface area (Å²) >= 11 is 5.79.